The van der Waals surface area contributed by atoms with Crippen LogP contribution >= 0.6 is 11.3 Å². The molecule has 0 saturated heterocycles. The van der Waals surface area contributed by atoms with Crippen molar-refractivity contribution in [3.8, 4) is 5.82 Å². The lowest BCUT2D eigenvalue weighted by Gasteiger charge is -2.08. The summed E-state index contributed by atoms with van der Waals surface area (Å²) in [5.41, 5.74) is 2.01. The number of carbonyl (C=O) groups excluding carboxylic acids is 1. The molecule has 3 aromatic rings. The van der Waals surface area contributed by atoms with Crippen molar-refractivity contribution in [3.05, 3.63) is 58.6 Å². The fraction of sp³-hybridized carbons (Fsp3) is 0.222. The molecular formula is C18H20N6OS. The van der Waals surface area contributed by atoms with E-state index in [1.54, 1.807) is 29.8 Å². The van der Waals surface area contributed by atoms with Crippen molar-refractivity contribution >= 4 is 29.1 Å². The maximum Gasteiger partial charge on any atom is 0.244 e. The lowest BCUT2D eigenvalue weighted by Crippen LogP contribution is -2.27. The number of imidazole rings is 1. The first-order chi connectivity index (χ1) is 12.6. The summed E-state index contributed by atoms with van der Waals surface area (Å²) in [6.07, 6.45) is 6.60. The molecule has 3 rings (SSSR count). The molecule has 3 heterocycles. The van der Waals surface area contributed by atoms with Crippen LogP contribution in [-0.4, -0.2) is 38.5 Å². The molecule has 8 heteroatoms. The van der Waals surface area contributed by atoms with Crippen molar-refractivity contribution in [2.24, 2.45) is 0 Å². The molecule has 0 unspecified atom stereocenters. The van der Waals surface area contributed by atoms with Gasteiger partial charge in [-0.2, -0.15) is 0 Å². The Balaban J connectivity index is 1.49. The van der Waals surface area contributed by atoms with Crippen molar-refractivity contribution in [2.45, 2.75) is 13.8 Å². The largest absolute Gasteiger partial charge is 0.368 e. The Hall–Kier alpha value is -3.00. The standard InChI is InChI=1S/C18H20N6OS/c1-13-14(2)24(12-23-13)17-10-16(21-11-22-17)19-7-8-20-18(25)6-5-15-4-3-9-26-15/h3-6,9-12H,7-8H2,1-2H3,(H,20,25)(H,19,21,22)/b6-5+. The minimum absolute atomic E-state index is 0.118. The zero-order valence-electron chi connectivity index (χ0n) is 14.6. The molecule has 0 atom stereocenters. The highest BCUT2D eigenvalue weighted by Gasteiger charge is 2.06. The van der Waals surface area contributed by atoms with E-state index in [4.69, 9.17) is 0 Å². The van der Waals surface area contributed by atoms with E-state index in [-0.39, 0.29) is 5.91 Å². The van der Waals surface area contributed by atoms with Gasteiger partial charge in [-0.05, 0) is 31.4 Å². The number of hydrogen-bond donors (Lipinski definition) is 2. The summed E-state index contributed by atoms with van der Waals surface area (Å²) in [6.45, 7) is 5.02. The Morgan fingerprint density at radius 2 is 2.15 bits per heavy atom. The number of carbonyl (C=O) groups is 1. The van der Waals surface area contributed by atoms with E-state index in [9.17, 15) is 4.79 Å². The van der Waals surface area contributed by atoms with Crippen LogP contribution in [0.2, 0.25) is 0 Å². The van der Waals surface area contributed by atoms with Gasteiger partial charge in [0.1, 0.15) is 24.3 Å². The summed E-state index contributed by atoms with van der Waals surface area (Å²) in [5, 5.41) is 7.99. The van der Waals surface area contributed by atoms with Crippen LogP contribution in [0.4, 0.5) is 5.82 Å². The van der Waals surface area contributed by atoms with Crippen molar-refractivity contribution in [1.82, 2.24) is 24.8 Å². The van der Waals surface area contributed by atoms with Crippen LogP contribution in [0.3, 0.4) is 0 Å². The number of aryl methyl sites for hydroxylation is 1. The van der Waals surface area contributed by atoms with E-state index in [0.29, 0.717) is 18.9 Å². The summed E-state index contributed by atoms with van der Waals surface area (Å²) >= 11 is 1.59. The van der Waals surface area contributed by atoms with Gasteiger partial charge in [-0.1, -0.05) is 6.07 Å². The third-order valence-corrected chi connectivity index (χ3v) is 4.66. The highest BCUT2D eigenvalue weighted by atomic mass is 32.1. The molecule has 0 aliphatic carbocycles. The van der Waals surface area contributed by atoms with Gasteiger partial charge >= 0.3 is 0 Å². The van der Waals surface area contributed by atoms with Crippen molar-refractivity contribution in [3.63, 3.8) is 0 Å². The van der Waals surface area contributed by atoms with Crippen molar-refractivity contribution < 1.29 is 4.79 Å². The minimum Gasteiger partial charge on any atom is -0.368 e. The average molecular weight is 368 g/mol. The summed E-state index contributed by atoms with van der Waals surface area (Å²) in [5.74, 6) is 1.33. The molecule has 0 aromatic carbocycles. The van der Waals surface area contributed by atoms with Gasteiger partial charge in [0.25, 0.3) is 0 Å². The van der Waals surface area contributed by atoms with E-state index in [1.165, 1.54) is 6.33 Å². The molecule has 0 fully saturated rings. The molecule has 0 spiro atoms. The minimum atomic E-state index is -0.118. The summed E-state index contributed by atoms with van der Waals surface area (Å²) in [7, 11) is 0. The fourth-order valence-electron chi connectivity index (χ4n) is 2.28. The number of hydrogen-bond acceptors (Lipinski definition) is 6. The van der Waals surface area contributed by atoms with Crippen LogP contribution in [-0.2, 0) is 4.79 Å². The smallest absolute Gasteiger partial charge is 0.244 e. The number of thiophene rings is 1. The maximum atomic E-state index is 11.8. The van der Waals surface area contributed by atoms with Crippen molar-refractivity contribution in [1.29, 1.82) is 0 Å². The predicted molar refractivity (Wildman–Crippen MR) is 103 cm³/mol. The van der Waals surface area contributed by atoms with Gasteiger partial charge < -0.3 is 10.6 Å². The zero-order valence-corrected chi connectivity index (χ0v) is 15.5. The van der Waals surface area contributed by atoms with Gasteiger partial charge in [0.15, 0.2) is 0 Å². The Kier molecular flexibility index (Phi) is 5.75. The Morgan fingerprint density at radius 1 is 1.27 bits per heavy atom. The first-order valence-electron chi connectivity index (χ1n) is 8.20. The number of aromatic nitrogens is 4. The number of anilines is 1. The SMILES string of the molecule is Cc1ncn(-c2cc(NCCNC(=O)/C=C/c3cccs3)ncn2)c1C. The van der Waals surface area contributed by atoms with Crippen LogP contribution < -0.4 is 10.6 Å². The lowest BCUT2D eigenvalue weighted by molar-refractivity contribution is -0.116. The van der Waals surface area contributed by atoms with Gasteiger partial charge in [-0.3, -0.25) is 9.36 Å². The Labute approximate surface area is 155 Å². The van der Waals surface area contributed by atoms with E-state index in [1.807, 2.05) is 42.0 Å². The molecule has 0 saturated carbocycles. The molecule has 134 valence electrons. The lowest BCUT2D eigenvalue weighted by atomic mass is 10.4. The van der Waals surface area contributed by atoms with Gasteiger partial charge in [-0.15, -0.1) is 11.3 Å². The van der Waals surface area contributed by atoms with Crippen LogP contribution in [0.5, 0.6) is 0 Å². The fourth-order valence-corrected chi connectivity index (χ4v) is 2.90. The predicted octanol–water partition coefficient (Wildman–Crippen LogP) is 2.58. The van der Waals surface area contributed by atoms with Gasteiger partial charge in [-0.25, -0.2) is 15.0 Å². The van der Waals surface area contributed by atoms with Gasteiger partial charge in [0.2, 0.25) is 5.91 Å². The molecule has 1 amide bonds. The summed E-state index contributed by atoms with van der Waals surface area (Å²) in [6, 6.07) is 5.77. The first kappa shape index (κ1) is 17.8. The monoisotopic (exact) mass is 368 g/mol. The maximum absolute atomic E-state index is 11.8. The normalized spacial score (nSPS) is 11.0. The second-order valence-corrected chi connectivity index (χ2v) is 6.59. The number of amides is 1. The quantitative estimate of drug-likeness (QED) is 0.495. The average Bonchev–Trinajstić information content (AvgIpc) is 3.28. The molecule has 26 heavy (non-hydrogen) atoms. The van der Waals surface area contributed by atoms with E-state index in [2.05, 4.69) is 25.6 Å². The topological polar surface area (TPSA) is 84.7 Å². The number of nitrogens with zero attached hydrogens (tertiary/aromatic N) is 4. The third kappa shape index (κ3) is 4.54. The van der Waals surface area contributed by atoms with E-state index in [0.717, 1.165) is 22.1 Å². The van der Waals surface area contributed by atoms with Gasteiger partial charge in [0.05, 0.1) is 5.69 Å². The number of rotatable bonds is 7. The van der Waals surface area contributed by atoms with E-state index < -0.39 is 0 Å². The molecule has 2 N–H and O–H groups in total. The van der Waals surface area contributed by atoms with Crippen LogP contribution in [0, 0.1) is 13.8 Å². The molecule has 0 bridgehead atoms. The number of nitrogens with one attached hydrogen (secondary N) is 2. The Morgan fingerprint density at radius 3 is 2.88 bits per heavy atom. The molecular weight excluding hydrogens is 348 g/mol. The first-order valence-corrected chi connectivity index (χ1v) is 9.07. The van der Waals surface area contributed by atoms with Crippen LogP contribution in [0.25, 0.3) is 11.9 Å². The third-order valence-electron chi connectivity index (χ3n) is 3.82. The highest BCUT2D eigenvalue weighted by Crippen LogP contribution is 2.13. The summed E-state index contributed by atoms with van der Waals surface area (Å²) in [4.78, 5) is 25.6. The highest BCUT2D eigenvalue weighted by molar-refractivity contribution is 7.10. The molecule has 7 nitrogen and oxygen atoms in total. The molecule has 0 aliphatic rings. The molecule has 3 aromatic heterocycles. The molecule has 0 aliphatic heterocycles. The molecule has 0 radical (unpaired) electrons. The van der Waals surface area contributed by atoms with Crippen LogP contribution in [0.1, 0.15) is 16.3 Å². The van der Waals surface area contributed by atoms with Crippen molar-refractivity contribution in [2.75, 3.05) is 18.4 Å². The van der Waals surface area contributed by atoms with E-state index >= 15 is 0 Å². The Bertz CT molecular complexity index is 900. The second kappa shape index (κ2) is 8.39. The second-order valence-electron chi connectivity index (χ2n) is 5.61. The summed E-state index contributed by atoms with van der Waals surface area (Å²) < 4.78 is 1.92. The zero-order chi connectivity index (χ0) is 18.4. The van der Waals surface area contributed by atoms with Crippen LogP contribution in [0.15, 0.2) is 42.3 Å². The van der Waals surface area contributed by atoms with Gasteiger partial charge in [0, 0.05) is 35.8 Å².